The van der Waals surface area contributed by atoms with E-state index in [-0.39, 0.29) is 0 Å². The predicted molar refractivity (Wildman–Crippen MR) is 257 cm³/mol. The smallest absolute Gasteiger partial charge is 0.0815 e. The van der Waals surface area contributed by atoms with Crippen molar-refractivity contribution in [2.45, 2.75) is 13.8 Å². The Kier molecular flexibility index (Phi) is 10.1. The molecule has 10 rings (SSSR count). The SMILES string of the molecule is Cc1ccc(/C(=C2/N=C(c3ccc(-c4ccccc4)cc3)C=C2c2ccc(-c3ccccc3)cc2)c2[nH]c(-c3ccc(C)cc3)cc2-c2ccc(-c3ccccc3)cc2)cc1. The molecule has 1 aliphatic heterocycles. The second-order valence-corrected chi connectivity index (χ2v) is 15.8. The molecule has 0 saturated heterocycles. The number of nitrogens with zero attached hydrogens (tertiary/aromatic N) is 1. The van der Waals surface area contributed by atoms with Gasteiger partial charge >= 0.3 is 0 Å². The highest BCUT2D eigenvalue weighted by Crippen LogP contribution is 2.44. The van der Waals surface area contributed by atoms with Crippen LogP contribution in [0.25, 0.3) is 66.9 Å². The van der Waals surface area contributed by atoms with Crippen LogP contribution in [0.3, 0.4) is 0 Å². The molecule has 61 heavy (non-hydrogen) atoms. The quantitative estimate of drug-likeness (QED) is 0.151. The maximum absolute atomic E-state index is 5.64. The summed E-state index contributed by atoms with van der Waals surface area (Å²) in [7, 11) is 0. The summed E-state index contributed by atoms with van der Waals surface area (Å²) < 4.78 is 0. The number of hydrogen-bond acceptors (Lipinski definition) is 1. The second kappa shape index (κ2) is 16.4. The third-order valence-corrected chi connectivity index (χ3v) is 11.7. The van der Waals surface area contributed by atoms with Gasteiger partial charge in [0.2, 0.25) is 0 Å². The maximum Gasteiger partial charge on any atom is 0.0815 e. The van der Waals surface area contributed by atoms with Crippen molar-refractivity contribution in [2.24, 2.45) is 4.99 Å². The van der Waals surface area contributed by atoms with Crippen LogP contribution >= 0.6 is 0 Å². The standard InChI is InChI=1S/C59H44N2/c1-40-18-22-50(23-19-40)55-38-53(48-32-26-45(27-33-48)42-12-6-3-7-13-42)58(60-55)57(52-24-20-41(2)21-25-52)59-54(49-34-28-46(29-35-49)43-14-8-4-9-15-43)39-56(61-59)51-36-30-47(31-37-51)44-16-10-5-11-17-44/h3-39,60H,1-2H3/b59-57-. The lowest BCUT2D eigenvalue weighted by Gasteiger charge is -2.16. The van der Waals surface area contributed by atoms with E-state index in [2.05, 4.69) is 243 Å². The molecule has 1 aliphatic rings. The lowest BCUT2D eigenvalue weighted by Crippen LogP contribution is -1.98. The van der Waals surface area contributed by atoms with Crippen molar-refractivity contribution in [1.29, 1.82) is 0 Å². The lowest BCUT2D eigenvalue weighted by atomic mass is 9.90. The van der Waals surface area contributed by atoms with Gasteiger partial charge in [0.25, 0.3) is 0 Å². The fraction of sp³-hybridized carbons (Fsp3) is 0.0339. The van der Waals surface area contributed by atoms with Gasteiger partial charge in [0.1, 0.15) is 0 Å². The summed E-state index contributed by atoms with van der Waals surface area (Å²) in [6.45, 7) is 4.28. The molecular formula is C59H44N2. The topological polar surface area (TPSA) is 28.1 Å². The zero-order valence-corrected chi connectivity index (χ0v) is 34.3. The number of aliphatic imine (C=N–C) groups is 1. The zero-order chi connectivity index (χ0) is 41.1. The van der Waals surface area contributed by atoms with E-state index in [1.54, 1.807) is 0 Å². The highest BCUT2D eigenvalue weighted by molar-refractivity contribution is 6.20. The normalized spacial score (nSPS) is 13.1. The molecule has 2 heterocycles. The monoisotopic (exact) mass is 780 g/mol. The van der Waals surface area contributed by atoms with Crippen molar-refractivity contribution in [1.82, 2.24) is 4.98 Å². The van der Waals surface area contributed by atoms with Crippen molar-refractivity contribution in [3.63, 3.8) is 0 Å². The molecular weight excluding hydrogens is 737 g/mol. The number of H-pyrrole nitrogens is 1. The van der Waals surface area contributed by atoms with Crippen molar-refractivity contribution < 1.29 is 0 Å². The number of aromatic nitrogens is 1. The highest BCUT2D eigenvalue weighted by Gasteiger charge is 2.27. The average Bonchev–Trinajstić information content (AvgIpc) is 3.97. The van der Waals surface area contributed by atoms with Gasteiger partial charge in [-0.25, -0.2) is 4.99 Å². The van der Waals surface area contributed by atoms with Crippen LogP contribution in [0.2, 0.25) is 0 Å². The van der Waals surface area contributed by atoms with Crippen LogP contribution in [0, 0.1) is 13.8 Å². The summed E-state index contributed by atoms with van der Waals surface area (Å²) in [5.41, 5.74) is 22.3. The fourth-order valence-corrected chi connectivity index (χ4v) is 8.27. The Morgan fingerprint density at radius 3 is 1.26 bits per heavy atom. The molecule has 1 aromatic heterocycles. The molecule has 9 aromatic rings. The summed E-state index contributed by atoms with van der Waals surface area (Å²) in [6.07, 6.45) is 2.27. The molecule has 0 unspecified atom stereocenters. The van der Waals surface area contributed by atoms with Gasteiger partial charge in [-0.05, 0) is 81.6 Å². The minimum Gasteiger partial charge on any atom is -0.354 e. The lowest BCUT2D eigenvalue weighted by molar-refractivity contribution is 1.31. The molecule has 0 atom stereocenters. The Balaban J connectivity index is 1.20. The van der Waals surface area contributed by atoms with Crippen LogP contribution in [0.5, 0.6) is 0 Å². The van der Waals surface area contributed by atoms with Gasteiger partial charge in [0.15, 0.2) is 0 Å². The molecule has 0 aliphatic carbocycles. The number of aryl methyl sites for hydroxylation is 2. The Hall–Kier alpha value is -7.81. The van der Waals surface area contributed by atoms with Gasteiger partial charge in [-0.2, -0.15) is 0 Å². The van der Waals surface area contributed by atoms with E-state index in [9.17, 15) is 0 Å². The van der Waals surface area contributed by atoms with E-state index in [1.165, 1.54) is 44.5 Å². The Morgan fingerprint density at radius 1 is 0.377 bits per heavy atom. The number of nitrogens with one attached hydrogen (secondary N) is 1. The third kappa shape index (κ3) is 7.76. The second-order valence-electron chi connectivity index (χ2n) is 15.8. The summed E-state index contributed by atoms with van der Waals surface area (Å²) in [4.78, 5) is 9.62. The highest BCUT2D eigenvalue weighted by atomic mass is 14.8. The molecule has 2 nitrogen and oxygen atoms in total. The van der Waals surface area contributed by atoms with Gasteiger partial charge in [0, 0.05) is 28.0 Å². The van der Waals surface area contributed by atoms with E-state index in [0.717, 1.165) is 67.3 Å². The first-order valence-corrected chi connectivity index (χ1v) is 20.9. The Bertz CT molecular complexity index is 3040. The van der Waals surface area contributed by atoms with E-state index in [4.69, 9.17) is 4.99 Å². The summed E-state index contributed by atoms with van der Waals surface area (Å²) >= 11 is 0. The first kappa shape index (κ1) is 37.5. The minimum absolute atomic E-state index is 0.929. The third-order valence-electron chi connectivity index (χ3n) is 11.7. The average molecular weight is 781 g/mol. The molecule has 2 heteroatoms. The molecule has 8 aromatic carbocycles. The minimum atomic E-state index is 0.929. The summed E-state index contributed by atoms with van der Waals surface area (Å²) in [5.74, 6) is 0. The number of hydrogen-bond donors (Lipinski definition) is 1. The molecule has 0 amide bonds. The first-order chi connectivity index (χ1) is 30.0. The summed E-state index contributed by atoms with van der Waals surface area (Å²) in [6, 6.07) is 78.4. The molecule has 0 radical (unpaired) electrons. The van der Waals surface area contributed by atoms with E-state index < -0.39 is 0 Å². The number of allylic oxidation sites excluding steroid dienone is 2. The maximum atomic E-state index is 5.64. The van der Waals surface area contributed by atoms with E-state index >= 15 is 0 Å². The predicted octanol–water partition coefficient (Wildman–Crippen LogP) is 15.3. The number of aromatic amines is 1. The molecule has 0 spiro atoms. The van der Waals surface area contributed by atoms with Crippen molar-refractivity contribution >= 4 is 16.9 Å². The Morgan fingerprint density at radius 2 is 0.770 bits per heavy atom. The van der Waals surface area contributed by atoms with Crippen LogP contribution in [0.15, 0.2) is 235 Å². The first-order valence-electron chi connectivity index (χ1n) is 20.9. The van der Waals surface area contributed by atoms with Gasteiger partial charge in [-0.15, -0.1) is 0 Å². The zero-order valence-electron chi connectivity index (χ0n) is 34.3. The van der Waals surface area contributed by atoms with Crippen molar-refractivity contribution in [3.05, 3.63) is 264 Å². The van der Waals surface area contributed by atoms with Crippen LogP contribution in [0.4, 0.5) is 0 Å². The number of benzene rings is 8. The van der Waals surface area contributed by atoms with E-state index in [0.29, 0.717) is 0 Å². The van der Waals surface area contributed by atoms with Gasteiger partial charge < -0.3 is 4.98 Å². The molecule has 1 N–H and O–H groups in total. The molecule has 290 valence electrons. The van der Waals surface area contributed by atoms with Gasteiger partial charge in [-0.3, -0.25) is 0 Å². The molecule has 0 saturated carbocycles. The van der Waals surface area contributed by atoms with Gasteiger partial charge in [0.05, 0.1) is 17.1 Å². The van der Waals surface area contributed by atoms with Crippen LogP contribution in [0.1, 0.15) is 33.5 Å². The fourth-order valence-electron chi connectivity index (χ4n) is 8.27. The van der Waals surface area contributed by atoms with Gasteiger partial charge in [-0.1, -0.05) is 223 Å². The molecule has 0 bridgehead atoms. The van der Waals surface area contributed by atoms with Crippen LogP contribution in [-0.4, -0.2) is 10.7 Å². The van der Waals surface area contributed by atoms with Crippen molar-refractivity contribution in [3.8, 4) is 55.8 Å². The largest absolute Gasteiger partial charge is 0.354 e. The molecule has 0 fully saturated rings. The van der Waals surface area contributed by atoms with Crippen LogP contribution in [-0.2, 0) is 0 Å². The Labute approximate surface area is 358 Å². The van der Waals surface area contributed by atoms with Crippen LogP contribution < -0.4 is 0 Å². The van der Waals surface area contributed by atoms with E-state index in [1.807, 2.05) is 0 Å². The van der Waals surface area contributed by atoms with Crippen molar-refractivity contribution in [2.75, 3.05) is 0 Å². The summed E-state index contributed by atoms with van der Waals surface area (Å²) in [5, 5.41) is 0. The number of rotatable bonds is 9.